The second kappa shape index (κ2) is 8.36. The fourth-order valence-electron chi connectivity index (χ4n) is 3.55. The van der Waals surface area contributed by atoms with Crippen molar-refractivity contribution in [1.29, 1.82) is 0 Å². The number of rotatable bonds is 4. The van der Waals surface area contributed by atoms with E-state index >= 15 is 0 Å². The zero-order valence-electron chi connectivity index (χ0n) is 17.0. The number of urea groups is 1. The van der Waals surface area contributed by atoms with Crippen LogP contribution in [0.4, 0.5) is 10.5 Å². The summed E-state index contributed by atoms with van der Waals surface area (Å²) in [5.41, 5.74) is 0.00717. The lowest BCUT2D eigenvalue weighted by atomic mass is 9.92. The summed E-state index contributed by atoms with van der Waals surface area (Å²) in [6.45, 7) is 3.21. The number of nitrogens with one attached hydrogen (secondary N) is 1. The van der Waals surface area contributed by atoms with Gasteiger partial charge in [0.15, 0.2) is 5.17 Å². The van der Waals surface area contributed by atoms with E-state index in [9.17, 15) is 14.4 Å². The van der Waals surface area contributed by atoms with Gasteiger partial charge in [0.05, 0.1) is 11.7 Å². The summed E-state index contributed by atoms with van der Waals surface area (Å²) in [6, 6.07) is 15.2. The zero-order valence-corrected chi connectivity index (χ0v) is 18.6. The molecule has 0 spiro atoms. The molecule has 31 heavy (non-hydrogen) atoms. The zero-order chi connectivity index (χ0) is 22.2. The molecule has 7 nitrogen and oxygen atoms in total. The number of aliphatic imine (C=N–C) groups is 1. The minimum Gasteiger partial charge on any atom is -0.319 e. The summed E-state index contributed by atoms with van der Waals surface area (Å²) in [5.74, 6) is -0.145. The number of amidine groups is 1. The Kier molecular flexibility index (Phi) is 5.77. The maximum atomic E-state index is 13.3. The standard InChI is InChI=1S/C22H21ClN4O3S/c1-14-13-31-21(24-14)27(17-10-8-16(23)9-11-17)18(28)12-26-19(29)22(2,25-20(26)30)15-6-4-3-5-7-15/h3-11,14H,12-13H2,1-2H3,(H,25,30)/t14-,22+/m1/s1. The summed E-state index contributed by atoms with van der Waals surface area (Å²) in [4.78, 5) is 46.1. The van der Waals surface area contributed by atoms with Crippen LogP contribution < -0.4 is 10.2 Å². The Balaban J connectivity index is 1.61. The largest absolute Gasteiger partial charge is 0.325 e. The van der Waals surface area contributed by atoms with Crippen LogP contribution in [-0.4, -0.2) is 46.3 Å². The van der Waals surface area contributed by atoms with Crippen LogP contribution in [0.1, 0.15) is 19.4 Å². The lowest BCUT2D eigenvalue weighted by molar-refractivity contribution is -0.134. The lowest BCUT2D eigenvalue weighted by Gasteiger charge is -2.25. The third-order valence-corrected chi connectivity index (χ3v) is 6.68. The molecular formula is C22H21ClN4O3S. The third-order valence-electron chi connectivity index (χ3n) is 5.23. The molecule has 1 N–H and O–H groups in total. The Bertz CT molecular complexity index is 1060. The van der Waals surface area contributed by atoms with E-state index in [0.717, 1.165) is 10.7 Å². The van der Waals surface area contributed by atoms with Gasteiger partial charge in [-0.15, -0.1) is 0 Å². The van der Waals surface area contributed by atoms with Gasteiger partial charge in [0, 0.05) is 10.8 Å². The molecule has 0 saturated carbocycles. The number of anilines is 1. The average molecular weight is 457 g/mol. The van der Waals surface area contributed by atoms with Crippen molar-refractivity contribution in [2.75, 3.05) is 17.2 Å². The van der Waals surface area contributed by atoms with Gasteiger partial charge in [-0.05, 0) is 43.7 Å². The van der Waals surface area contributed by atoms with Crippen molar-refractivity contribution in [2.24, 2.45) is 4.99 Å². The van der Waals surface area contributed by atoms with Gasteiger partial charge in [-0.2, -0.15) is 0 Å². The van der Waals surface area contributed by atoms with E-state index in [0.29, 0.717) is 21.4 Å². The second-order valence-corrected chi connectivity index (χ2v) is 9.01. The van der Waals surface area contributed by atoms with Crippen LogP contribution in [0.3, 0.4) is 0 Å². The maximum Gasteiger partial charge on any atom is 0.325 e. The summed E-state index contributed by atoms with van der Waals surface area (Å²) < 4.78 is 0. The summed E-state index contributed by atoms with van der Waals surface area (Å²) in [5, 5.41) is 3.81. The van der Waals surface area contributed by atoms with Crippen molar-refractivity contribution in [3.05, 3.63) is 65.2 Å². The quantitative estimate of drug-likeness (QED) is 0.712. The van der Waals surface area contributed by atoms with Crippen LogP contribution in [0, 0.1) is 0 Å². The predicted octanol–water partition coefficient (Wildman–Crippen LogP) is 3.63. The van der Waals surface area contributed by atoms with Crippen LogP contribution in [0.2, 0.25) is 5.02 Å². The lowest BCUT2D eigenvalue weighted by Crippen LogP contribution is -2.46. The molecule has 9 heteroatoms. The van der Waals surface area contributed by atoms with Crippen molar-refractivity contribution in [2.45, 2.75) is 25.4 Å². The molecule has 0 aromatic heterocycles. The molecule has 2 aromatic rings. The monoisotopic (exact) mass is 456 g/mol. The van der Waals surface area contributed by atoms with Crippen LogP contribution in [0.25, 0.3) is 0 Å². The Labute approximate surface area is 189 Å². The molecule has 4 rings (SSSR count). The van der Waals surface area contributed by atoms with Gasteiger partial charge >= 0.3 is 6.03 Å². The molecular weight excluding hydrogens is 436 g/mol. The summed E-state index contributed by atoms with van der Waals surface area (Å²) in [7, 11) is 0. The number of carbonyl (C=O) groups is 3. The number of halogens is 1. The fourth-order valence-corrected chi connectivity index (χ4v) is 4.73. The molecule has 0 unspecified atom stereocenters. The van der Waals surface area contributed by atoms with E-state index in [1.165, 1.54) is 16.7 Å². The highest BCUT2D eigenvalue weighted by Gasteiger charge is 2.50. The van der Waals surface area contributed by atoms with Crippen LogP contribution >= 0.6 is 23.4 Å². The van der Waals surface area contributed by atoms with Crippen molar-refractivity contribution < 1.29 is 14.4 Å². The van der Waals surface area contributed by atoms with Gasteiger partial charge in [-0.3, -0.25) is 24.4 Å². The first-order chi connectivity index (χ1) is 14.8. The minimum absolute atomic E-state index is 0.0701. The first kappa shape index (κ1) is 21.4. The number of thioether (sulfide) groups is 1. The Morgan fingerprint density at radius 3 is 2.52 bits per heavy atom. The van der Waals surface area contributed by atoms with Gasteiger partial charge in [0.25, 0.3) is 11.8 Å². The molecule has 0 radical (unpaired) electrons. The summed E-state index contributed by atoms with van der Waals surface area (Å²) >= 11 is 7.46. The smallest absolute Gasteiger partial charge is 0.319 e. The highest BCUT2D eigenvalue weighted by atomic mass is 35.5. The van der Waals surface area contributed by atoms with Gasteiger partial charge in [0.1, 0.15) is 12.1 Å². The first-order valence-electron chi connectivity index (χ1n) is 9.78. The highest BCUT2D eigenvalue weighted by molar-refractivity contribution is 8.14. The SMILES string of the molecule is C[C@@H]1CSC(N(C(=O)CN2C(=O)N[C@@](C)(c3ccccc3)C2=O)c2ccc(Cl)cc2)=N1. The minimum atomic E-state index is -1.22. The number of imide groups is 1. The number of hydrogen-bond acceptors (Lipinski definition) is 5. The van der Waals surface area contributed by atoms with Gasteiger partial charge < -0.3 is 5.32 Å². The van der Waals surface area contributed by atoms with E-state index in [-0.39, 0.29) is 6.04 Å². The van der Waals surface area contributed by atoms with E-state index in [4.69, 9.17) is 11.6 Å². The average Bonchev–Trinajstić information content (AvgIpc) is 3.27. The van der Waals surface area contributed by atoms with Crippen LogP contribution in [0.15, 0.2) is 59.6 Å². The number of amides is 4. The Morgan fingerprint density at radius 1 is 1.23 bits per heavy atom. The molecule has 2 heterocycles. The van der Waals surface area contributed by atoms with Crippen molar-refractivity contribution >= 4 is 52.1 Å². The normalized spacial score (nSPS) is 23.0. The molecule has 2 aliphatic heterocycles. The second-order valence-electron chi connectivity index (χ2n) is 7.59. The Hall–Kier alpha value is -2.84. The van der Waals surface area contributed by atoms with Gasteiger partial charge in [0.2, 0.25) is 0 Å². The maximum absolute atomic E-state index is 13.3. The first-order valence-corrected chi connectivity index (χ1v) is 11.1. The van der Waals surface area contributed by atoms with Crippen molar-refractivity contribution in [1.82, 2.24) is 10.2 Å². The van der Waals surface area contributed by atoms with Crippen LogP contribution in [0.5, 0.6) is 0 Å². The number of nitrogens with zero attached hydrogens (tertiary/aromatic N) is 3. The highest BCUT2D eigenvalue weighted by Crippen LogP contribution is 2.30. The topological polar surface area (TPSA) is 82.1 Å². The Morgan fingerprint density at radius 2 is 1.90 bits per heavy atom. The van der Waals surface area contributed by atoms with Gasteiger partial charge in [-0.25, -0.2) is 4.79 Å². The molecule has 1 saturated heterocycles. The van der Waals surface area contributed by atoms with Crippen LogP contribution in [-0.2, 0) is 15.1 Å². The van der Waals surface area contributed by atoms with E-state index in [1.807, 2.05) is 13.0 Å². The number of benzene rings is 2. The van der Waals surface area contributed by atoms with E-state index in [2.05, 4.69) is 10.3 Å². The van der Waals surface area contributed by atoms with Gasteiger partial charge in [-0.1, -0.05) is 53.7 Å². The van der Waals surface area contributed by atoms with E-state index in [1.54, 1.807) is 55.5 Å². The fraction of sp³-hybridized carbons (Fsp3) is 0.273. The molecule has 4 amide bonds. The van der Waals surface area contributed by atoms with Crippen molar-refractivity contribution in [3.8, 4) is 0 Å². The third kappa shape index (κ3) is 4.05. The predicted molar refractivity (Wildman–Crippen MR) is 122 cm³/mol. The molecule has 0 bridgehead atoms. The number of hydrogen-bond donors (Lipinski definition) is 1. The summed E-state index contributed by atoms with van der Waals surface area (Å²) in [6.07, 6.45) is 0. The van der Waals surface area contributed by atoms with E-state index < -0.39 is 29.9 Å². The molecule has 1 fully saturated rings. The molecule has 160 valence electrons. The molecule has 2 aromatic carbocycles. The number of carbonyl (C=O) groups excluding carboxylic acids is 3. The molecule has 0 aliphatic carbocycles. The molecule has 2 aliphatic rings. The molecule has 2 atom stereocenters. The van der Waals surface area contributed by atoms with Crippen molar-refractivity contribution in [3.63, 3.8) is 0 Å².